The number of aromatic nitrogens is 1. The van der Waals surface area contributed by atoms with Crippen LogP contribution in [0.3, 0.4) is 0 Å². The van der Waals surface area contributed by atoms with Gasteiger partial charge in [0, 0.05) is 105 Å². The molecule has 6 aliphatic rings. The number of aromatic amines is 1. The SMILES string of the molecule is CC[C@]1(OC(=O)N(C)C)C[C@H]2CN(CCc3c([nH]c4ccccc34)[C@@](C(=O)OC)(c3cc4c(cc3OC)N(C)[C@H]3[C@@](O)(C(=O)OC)[C@H](OC(C)=O)[C@]5(CC)C=CCN6CC[C@]43[C@@H]65)C2)C1. The van der Waals surface area contributed by atoms with E-state index in [9.17, 15) is 19.5 Å². The number of nitrogens with zero attached hydrogens (tertiary/aromatic N) is 4. The van der Waals surface area contributed by atoms with Crippen LogP contribution in [0.25, 0.3) is 10.9 Å². The van der Waals surface area contributed by atoms with Crippen LogP contribution in [-0.2, 0) is 50.6 Å². The minimum Gasteiger partial charge on any atom is -0.496 e. The Morgan fingerprint density at radius 2 is 1.70 bits per heavy atom. The fourth-order valence-corrected chi connectivity index (χ4v) is 13.9. The molecule has 2 aromatic carbocycles. The second-order valence-electron chi connectivity index (χ2n) is 19.4. The van der Waals surface area contributed by atoms with Crippen LogP contribution < -0.4 is 9.64 Å². The van der Waals surface area contributed by atoms with Crippen LogP contribution in [0, 0.1) is 11.3 Å². The Kier molecular flexibility index (Phi) is 10.7. The second kappa shape index (κ2) is 15.5. The van der Waals surface area contributed by atoms with Gasteiger partial charge in [-0.3, -0.25) is 19.4 Å². The maximum atomic E-state index is 15.6. The summed E-state index contributed by atoms with van der Waals surface area (Å²) in [5.41, 5.74) is -1.79. The van der Waals surface area contributed by atoms with E-state index in [2.05, 4.69) is 33.8 Å². The summed E-state index contributed by atoms with van der Waals surface area (Å²) in [6.45, 7) is 8.52. The molecule has 3 aromatic rings. The van der Waals surface area contributed by atoms with E-state index in [-0.39, 0.29) is 18.4 Å². The Hall–Kier alpha value is -5.12. The molecule has 10 atom stereocenters. The van der Waals surface area contributed by atoms with Crippen molar-refractivity contribution >= 4 is 40.6 Å². The summed E-state index contributed by atoms with van der Waals surface area (Å²) >= 11 is 0. The number of amides is 1. The number of piperidine rings is 1. The van der Waals surface area contributed by atoms with E-state index in [4.69, 9.17) is 23.7 Å². The van der Waals surface area contributed by atoms with Gasteiger partial charge in [-0.2, -0.15) is 0 Å². The van der Waals surface area contributed by atoms with Gasteiger partial charge in [-0.05, 0) is 74.2 Å². The number of hydrogen-bond acceptors (Lipinski definition) is 13. The molecule has 1 saturated carbocycles. The molecule has 1 aliphatic carbocycles. The average molecular weight is 882 g/mol. The molecule has 2 saturated heterocycles. The largest absolute Gasteiger partial charge is 0.496 e. The van der Waals surface area contributed by atoms with Crippen molar-refractivity contribution in [2.45, 2.75) is 99.5 Å². The lowest BCUT2D eigenvalue weighted by atomic mass is 9.47. The van der Waals surface area contributed by atoms with Gasteiger partial charge in [0.2, 0.25) is 5.60 Å². The van der Waals surface area contributed by atoms with Crippen molar-refractivity contribution < 1.29 is 48.0 Å². The van der Waals surface area contributed by atoms with Crippen LogP contribution in [-0.4, -0.2) is 153 Å². The fourth-order valence-electron chi connectivity index (χ4n) is 13.9. The van der Waals surface area contributed by atoms with E-state index in [1.54, 1.807) is 21.2 Å². The first-order valence-electron chi connectivity index (χ1n) is 22.7. The van der Waals surface area contributed by atoms with Crippen LogP contribution in [0.5, 0.6) is 5.75 Å². The van der Waals surface area contributed by atoms with Crippen LogP contribution in [0.2, 0.25) is 0 Å². The summed E-state index contributed by atoms with van der Waals surface area (Å²) in [5, 5.41) is 14.4. The first-order chi connectivity index (χ1) is 30.5. The number of aliphatic hydroxyl groups is 1. The van der Waals surface area contributed by atoms with Crippen molar-refractivity contribution in [1.82, 2.24) is 19.7 Å². The van der Waals surface area contributed by atoms with Crippen LogP contribution in [0.15, 0.2) is 48.6 Å². The number of fused-ring (bicyclic) bond motifs is 6. The van der Waals surface area contributed by atoms with Crippen LogP contribution in [0.4, 0.5) is 10.5 Å². The number of nitrogens with one attached hydrogen (secondary N) is 1. The fraction of sp³-hybridized carbons (Fsp3) is 0.592. The molecule has 5 aliphatic heterocycles. The molecule has 2 bridgehead atoms. The summed E-state index contributed by atoms with van der Waals surface area (Å²) in [7, 11) is 9.50. The molecular weight excluding hydrogens is 819 g/mol. The number of ether oxygens (including phenoxy) is 5. The molecule has 344 valence electrons. The van der Waals surface area contributed by atoms with Crippen molar-refractivity contribution in [2.24, 2.45) is 11.3 Å². The molecule has 1 spiro atoms. The number of rotatable bonds is 8. The molecule has 0 radical (unpaired) electrons. The van der Waals surface area contributed by atoms with Gasteiger partial charge in [0.15, 0.2) is 6.10 Å². The molecule has 1 amide bonds. The highest BCUT2D eigenvalue weighted by Crippen LogP contribution is 2.68. The number of H-pyrrole nitrogens is 1. The Balaban J connectivity index is 1.34. The Bertz CT molecular complexity index is 2430. The normalized spacial score (nSPS) is 34.8. The maximum Gasteiger partial charge on any atom is 0.409 e. The lowest BCUT2D eigenvalue weighted by Crippen LogP contribution is -2.81. The number of likely N-dealkylation sites (N-methyl/N-ethyl adjacent to an activating group) is 1. The molecule has 2 N–H and O–H groups in total. The van der Waals surface area contributed by atoms with E-state index in [0.29, 0.717) is 76.1 Å². The number of esters is 3. The number of benzene rings is 2. The molecule has 6 heterocycles. The number of carbonyl (C=O) groups excluding carboxylic acids is 4. The number of para-hydroxylation sites is 1. The number of carbonyl (C=O) groups is 4. The zero-order valence-electron chi connectivity index (χ0n) is 38.6. The van der Waals surface area contributed by atoms with E-state index < -0.39 is 63.6 Å². The van der Waals surface area contributed by atoms with Crippen molar-refractivity contribution in [3.05, 3.63) is 70.9 Å². The van der Waals surface area contributed by atoms with E-state index in [1.165, 1.54) is 26.0 Å². The highest BCUT2D eigenvalue weighted by Gasteiger charge is 2.80. The lowest BCUT2D eigenvalue weighted by Gasteiger charge is -2.63. The molecule has 15 heteroatoms. The average Bonchev–Trinajstić information content (AvgIpc) is 3.95. The Morgan fingerprint density at radius 3 is 2.38 bits per heavy atom. The standard InChI is InChI=1S/C49H63N5O10/c1-10-45(64-44(58)51(4)5)25-30-26-48(42(56)61-8,38-32(17-21-53(27-30)28-45)31-15-12-13-16-35(31)50-38)34-23-33-36(24-37(34)60-7)52(6)40-47(33)19-22-54-20-14-18-46(11-2,39(47)54)41(63-29(3)55)49(40,59)43(57)62-9/h12-16,18,23-24,30,39-41,50,59H,10-11,17,19-22,25-28H2,1-9H3/t30-,39+,40-,41-,45+,46-,47-,48+,49+/m1/s1. The van der Waals surface area contributed by atoms with Gasteiger partial charge < -0.3 is 43.6 Å². The van der Waals surface area contributed by atoms with Gasteiger partial charge in [0.05, 0.1) is 27.4 Å². The van der Waals surface area contributed by atoms with Crippen molar-refractivity contribution in [3.63, 3.8) is 0 Å². The number of methoxy groups -OCH3 is 3. The van der Waals surface area contributed by atoms with E-state index >= 15 is 4.79 Å². The molecular formula is C49H63N5O10. The van der Waals surface area contributed by atoms with Gasteiger partial charge in [0.1, 0.15) is 16.8 Å². The summed E-state index contributed by atoms with van der Waals surface area (Å²) in [6, 6.07) is 10.9. The van der Waals surface area contributed by atoms with E-state index in [0.717, 1.165) is 33.4 Å². The Morgan fingerprint density at radius 1 is 0.953 bits per heavy atom. The minimum absolute atomic E-state index is 0.159. The molecule has 64 heavy (non-hydrogen) atoms. The highest BCUT2D eigenvalue weighted by molar-refractivity contribution is 5.95. The number of anilines is 1. The third kappa shape index (κ3) is 5.87. The van der Waals surface area contributed by atoms with Crippen molar-refractivity contribution in [1.29, 1.82) is 0 Å². The van der Waals surface area contributed by atoms with Gasteiger partial charge in [0.25, 0.3) is 0 Å². The monoisotopic (exact) mass is 881 g/mol. The predicted molar refractivity (Wildman–Crippen MR) is 238 cm³/mol. The predicted octanol–water partition coefficient (Wildman–Crippen LogP) is 4.70. The van der Waals surface area contributed by atoms with Gasteiger partial charge >= 0.3 is 24.0 Å². The van der Waals surface area contributed by atoms with Crippen LogP contribution in [0.1, 0.15) is 75.3 Å². The summed E-state index contributed by atoms with van der Waals surface area (Å²) < 4.78 is 30.5. The van der Waals surface area contributed by atoms with Crippen molar-refractivity contribution in [3.8, 4) is 5.75 Å². The topological polar surface area (TPSA) is 163 Å². The molecule has 15 nitrogen and oxygen atoms in total. The molecule has 3 fully saturated rings. The van der Waals surface area contributed by atoms with E-state index in [1.807, 2.05) is 55.3 Å². The third-order valence-electron chi connectivity index (χ3n) is 16.2. The first kappa shape index (κ1) is 44.1. The smallest absolute Gasteiger partial charge is 0.409 e. The van der Waals surface area contributed by atoms with Gasteiger partial charge in [-0.25, -0.2) is 9.59 Å². The third-order valence-corrected chi connectivity index (χ3v) is 16.2. The first-order valence-corrected chi connectivity index (χ1v) is 22.7. The van der Waals surface area contributed by atoms with Gasteiger partial charge in [-0.15, -0.1) is 0 Å². The zero-order chi connectivity index (χ0) is 45.7. The highest BCUT2D eigenvalue weighted by atomic mass is 16.6. The minimum atomic E-state index is -2.33. The summed E-state index contributed by atoms with van der Waals surface area (Å²) in [4.78, 5) is 68.4. The second-order valence-corrected chi connectivity index (χ2v) is 19.4. The Labute approximate surface area is 374 Å². The molecule has 1 unspecified atom stereocenters. The lowest BCUT2D eigenvalue weighted by molar-refractivity contribution is -0.228. The summed E-state index contributed by atoms with van der Waals surface area (Å²) in [5.74, 6) is -1.70. The van der Waals surface area contributed by atoms with Crippen molar-refractivity contribution in [2.75, 3.05) is 80.1 Å². The molecule has 9 rings (SSSR count). The molecule has 1 aromatic heterocycles. The van der Waals surface area contributed by atoms with Crippen LogP contribution >= 0.6 is 0 Å². The van der Waals surface area contributed by atoms with Gasteiger partial charge in [-0.1, -0.05) is 44.2 Å². The number of hydrogen-bond donors (Lipinski definition) is 2. The quantitative estimate of drug-likeness (QED) is 0.182. The summed E-state index contributed by atoms with van der Waals surface area (Å²) in [6.07, 6.45) is 5.38. The zero-order valence-corrected chi connectivity index (χ0v) is 38.6. The maximum absolute atomic E-state index is 15.6.